The summed E-state index contributed by atoms with van der Waals surface area (Å²) in [4.78, 5) is 11.9. The average Bonchev–Trinajstić information content (AvgIpc) is 2.29. The number of alkyl halides is 1. The van der Waals surface area contributed by atoms with E-state index in [1.807, 2.05) is 27.7 Å². The van der Waals surface area contributed by atoms with E-state index in [0.717, 1.165) is 0 Å². The Hall–Kier alpha value is -0.810. The zero-order valence-electron chi connectivity index (χ0n) is 12.9. The molecule has 0 aromatic heterocycles. The lowest BCUT2D eigenvalue weighted by molar-refractivity contribution is -0.128. The molecular formula is C15H23BrO4. The van der Waals surface area contributed by atoms with Crippen molar-refractivity contribution in [2.75, 3.05) is 7.11 Å². The second kappa shape index (κ2) is 6.76. The third-order valence-corrected chi connectivity index (χ3v) is 3.83. The van der Waals surface area contributed by atoms with Crippen LogP contribution >= 0.6 is 15.9 Å². The third kappa shape index (κ3) is 3.64. The molecule has 0 fully saturated rings. The topological polar surface area (TPSA) is 44.8 Å². The van der Waals surface area contributed by atoms with E-state index in [1.54, 1.807) is 26.2 Å². The lowest BCUT2D eigenvalue weighted by atomic mass is 9.91. The van der Waals surface area contributed by atoms with E-state index >= 15 is 0 Å². The van der Waals surface area contributed by atoms with Crippen molar-refractivity contribution in [1.29, 1.82) is 0 Å². The predicted molar refractivity (Wildman–Crippen MR) is 81.4 cm³/mol. The molecule has 0 saturated heterocycles. The minimum atomic E-state index is -1.03. The molecule has 20 heavy (non-hydrogen) atoms. The fraction of sp³-hybridized carbons (Fsp3) is 0.667. The normalized spacial score (nSPS) is 26.4. The molecule has 0 heterocycles. The maximum absolute atomic E-state index is 11.9. The average molecular weight is 347 g/mol. The second-order valence-corrected chi connectivity index (χ2v) is 6.50. The fourth-order valence-corrected chi connectivity index (χ4v) is 3.23. The number of ketones is 1. The van der Waals surface area contributed by atoms with Gasteiger partial charge in [0.15, 0.2) is 16.0 Å². The zero-order chi connectivity index (χ0) is 15.5. The first-order chi connectivity index (χ1) is 9.22. The van der Waals surface area contributed by atoms with Gasteiger partial charge in [0.1, 0.15) is 5.78 Å². The number of hydrogen-bond acceptors (Lipinski definition) is 4. The summed E-state index contributed by atoms with van der Waals surface area (Å²) < 4.78 is 16.2. The minimum Gasteiger partial charge on any atom is -0.493 e. The van der Waals surface area contributed by atoms with Crippen LogP contribution in [-0.2, 0) is 19.0 Å². The summed E-state index contributed by atoms with van der Waals surface area (Å²) in [5, 5.41) is 0. The first-order valence-corrected chi connectivity index (χ1v) is 7.52. The Balaban J connectivity index is 3.33. The second-order valence-electron chi connectivity index (χ2n) is 5.32. The monoisotopic (exact) mass is 346 g/mol. The molecule has 2 unspecified atom stereocenters. The first kappa shape index (κ1) is 17.2. The van der Waals surface area contributed by atoms with Gasteiger partial charge in [-0.3, -0.25) is 4.79 Å². The number of rotatable bonds is 6. The van der Waals surface area contributed by atoms with Gasteiger partial charge in [-0.15, -0.1) is 0 Å². The molecule has 0 radical (unpaired) electrons. The lowest BCUT2D eigenvalue weighted by Gasteiger charge is -2.39. The Morgan fingerprint density at radius 2 is 1.90 bits per heavy atom. The van der Waals surface area contributed by atoms with Crippen LogP contribution in [0.5, 0.6) is 0 Å². The molecule has 0 amide bonds. The quantitative estimate of drug-likeness (QED) is 0.689. The van der Waals surface area contributed by atoms with Crippen molar-refractivity contribution in [2.45, 2.75) is 51.3 Å². The number of hydrogen-bond donors (Lipinski definition) is 0. The van der Waals surface area contributed by atoms with Gasteiger partial charge in [-0.1, -0.05) is 6.08 Å². The van der Waals surface area contributed by atoms with E-state index in [4.69, 9.17) is 14.2 Å². The summed E-state index contributed by atoms with van der Waals surface area (Å²) in [6.45, 7) is 9.21. The van der Waals surface area contributed by atoms with Crippen molar-refractivity contribution in [3.63, 3.8) is 0 Å². The van der Waals surface area contributed by atoms with Crippen LogP contribution in [0.25, 0.3) is 0 Å². The molecular weight excluding hydrogens is 324 g/mol. The smallest absolute Gasteiger partial charge is 0.196 e. The number of methoxy groups -OCH3 is 1. The van der Waals surface area contributed by atoms with E-state index in [-0.39, 0.29) is 18.0 Å². The molecule has 0 aromatic rings. The third-order valence-electron chi connectivity index (χ3n) is 2.79. The molecule has 114 valence electrons. The lowest BCUT2D eigenvalue weighted by Crippen LogP contribution is -2.44. The Morgan fingerprint density at radius 1 is 1.30 bits per heavy atom. The van der Waals surface area contributed by atoms with Gasteiger partial charge in [-0.25, -0.2) is 0 Å². The van der Waals surface area contributed by atoms with Crippen LogP contribution < -0.4 is 0 Å². The Morgan fingerprint density at radius 3 is 2.30 bits per heavy atom. The van der Waals surface area contributed by atoms with Crippen LogP contribution in [0, 0.1) is 5.92 Å². The maximum atomic E-state index is 11.9. The van der Waals surface area contributed by atoms with Crippen LogP contribution in [0.1, 0.15) is 34.6 Å². The number of Topliss-reactive ketones (excluding diaryl/α,β-unsaturated/α-hetero) is 1. The molecule has 0 spiro atoms. The summed E-state index contributed by atoms with van der Waals surface area (Å²) in [5.41, 5.74) is 0. The highest BCUT2D eigenvalue weighted by molar-refractivity contribution is 9.10. The number of allylic oxidation sites excluding steroid dienone is 1. The molecule has 1 rings (SSSR count). The van der Waals surface area contributed by atoms with Crippen LogP contribution in [0.15, 0.2) is 23.7 Å². The Kier molecular flexibility index (Phi) is 5.83. The van der Waals surface area contributed by atoms with E-state index in [1.165, 1.54) is 0 Å². The highest BCUT2D eigenvalue weighted by Crippen LogP contribution is 2.44. The minimum absolute atomic E-state index is 0.00113. The number of carbonyl (C=O) groups is 1. The van der Waals surface area contributed by atoms with Gasteiger partial charge in [0.05, 0.1) is 25.2 Å². The standard InChI is InChI=1S/C15H23BrO4/c1-9(2)19-14-13(18-6)8-7-12(11(5)17)15(14,16)20-10(3)4/h7-10,12H,1-6H3. The molecule has 0 N–H and O–H groups in total. The molecule has 0 aliphatic heterocycles. The summed E-state index contributed by atoms with van der Waals surface area (Å²) in [7, 11) is 1.57. The van der Waals surface area contributed by atoms with E-state index in [2.05, 4.69) is 15.9 Å². The molecule has 0 aromatic carbocycles. The summed E-state index contributed by atoms with van der Waals surface area (Å²) in [5.74, 6) is 0.608. The van der Waals surface area contributed by atoms with Crippen LogP contribution in [0.4, 0.5) is 0 Å². The van der Waals surface area contributed by atoms with Crippen LogP contribution in [0.2, 0.25) is 0 Å². The van der Waals surface area contributed by atoms with E-state index in [9.17, 15) is 4.79 Å². The molecule has 5 heteroatoms. The van der Waals surface area contributed by atoms with Crippen molar-refractivity contribution in [2.24, 2.45) is 5.92 Å². The molecule has 0 bridgehead atoms. The summed E-state index contributed by atoms with van der Waals surface area (Å²) in [6.07, 6.45) is 3.41. The maximum Gasteiger partial charge on any atom is 0.196 e. The highest BCUT2D eigenvalue weighted by Gasteiger charge is 2.49. The number of halogens is 1. The van der Waals surface area contributed by atoms with Crippen LogP contribution in [0.3, 0.4) is 0 Å². The first-order valence-electron chi connectivity index (χ1n) is 6.73. The van der Waals surface area contributed by atoms with Gasteiger partial charge in [-0.2, -0.15) is 0 Å². The largest absolute Gasteiger partial charge is 0.493 e. The van der Waals surface area contributed by atoms with Crippen molar-refractivity contribution in [3.8, 4) is 0 Å². The SMILES string of the molecule is COC1=C(OC(C)C)C(Br)(OC(C)C)C(C(C)=O)C=C1. The predicted octanol–water partition coefficient (Wildman–Crippen LogP) is 3.56. The number of ether oxygens (including phenoxy) is 3. The summed E-state index contributed by atoms with van der Waals surface area (Å²) >= 11 is 3.58. The van der Waals surface area contributed by atoms with Gasteiger partial charge in [0.2, 0.25) is 0 Å². The highest BCUT2D eigenvalue weighted by atomic mass is 79.9. The van der Waals surface area contributed by atoms with Crippen molar-refractivity contribution in [1.82, 2.24) is 0 Å². The van der Waals surface area contributed by atoms with E-state index in [0.29, 0.717) is 11.5 Å². The van der Waals surface area contributed by atoms with Gasteiger partial charge >= 0.3 is 0 Å². The van der Waals surface area contributed by atoms with Gasteiger partial charge in [-0.05, 0) is 56.6 Å². The van der Waals surface area contributed by atoms with Crippen molar-refractivity contribution in [3.05, 3.63) is 23.7 Å². The molecule has 2 atom stereocenters. The number of carbonyl (C=O) groups excluding carboxylic acids is 1. The Bertz CT molecular complexity index is 426. The van der Waals surface area contributed by atoms with Gasteiger partial charge < -0.3 is 14.2 Å². The van der Waals surface area contributed by atoms with Gasteiger partial charge in [0.25, 0.3) is 0 Å². The summed E-state index contributed by atoms with van der Waals surface area (Å²) in [6, 6.07) is 0. The fourth-order valence-electron chi connectivity index (χ4n) is 2.09. The van der Waals surface area contributed by atoms with Crippen molar-refractivity contribution >= 4 is 21.7 Å². The van der Waals surface area contributed by atoms with Gasteiger partial charge in [0, 0.05) is 0 Å². The Labute approximate surface area is 129 Å². The van der Waals surface area contributed by atoms with E-state index < -0.39 is 10.4 Å². The zero-order valence-corrected chi connectivity index (χ0v) is 14.5. The molecule has 0 saturated carbocycles. The molecule has 1 aliphatic carbocycles. The molecule has 4 nitrogen and oxygen atoms in total. The van der Waals surface area contributed by atoms with Crippen LogP contribution in [-0.4, -0.2) is 29.6 Å². The molecule has 1 aliphatic rings. The van der Waals surface area contributed by atoms with Crippen molar-refractivity contribution < 1.29 is 19.0 Å².